The Morgan fingerprint density at radius 1 is 1.27 bits per heavy atom. The number of ether oxygens (including phenoxy) is 1. The largest absolute Gasteiger partial charge is 0.479 e. The van der Waals surface area contributed by atoms with Crippen LogP contribution in [0.1, 0.15) is 15.9 Å². The van der Waals surface area contributed by atoms with Crippen LogP contribution in [0.15, 0.2) is 36.7 Å². The van der Waals surface area contributed by atoms with Crippen LogP contribution < -0.4 is 15.4 Å². The lowest BCUT2D eigenvalue weighted by atomic mass is 10.1. The maximum absolute atomic E-state index is 12.1. The molecule has 0 saturated carbocycles. The van der Waals surface area contributed by atoms with Crippen molar-refractivity contribution in [3.63, 3.8) is 0 Å². The lowest BCUT2D eigenvalue weighted by molar-refractivity contribution is -0.120. The first-order valence-corrected chi connectivity index (χ1v) is 8.26. The molecule has 3 rings (SSSR count). The highest BCUT2D eigenvalue weighted by Crippen LogP contribution is 2.17. The van der Waals surface area contributed by atoms with Crippen LogP contribution in [0.4, 0.5) is 0 Å². The highest BCUT2D eigenvalue weighted by molar-refractivity contribution is 5.98. The fraction of sp³-hybridized carbons (Fsp3) is 0.278. The number of carbonyl (C=O) groups is 2. The number of nitrogens with one attached hydrogen (secondary N) is 3. The Hall–Kier alpha value is -3.29. The third-order valence-electron chi connectivity index (χ3n) is 4.03. The molecule has 136 valence electrons. The van der Waals surface area contributed by atoms with E-state index in [0.29, 0.717) is 18.5 Å². The Labute approximate surface area is 150 Å². The lowest BCUT2D eigenvalue weighted by Gasteiger charge is -2.06. The van der Waals surface area contributed by atoms with Gasteiger partial charge in [0.05, 0.1) is 13.7 Å². The van der Waals surface area contributed by atoms with Crippen molar-refractivity contribution in [1.82, 2.24) is 25.4 Å². The number of aromatic amines is 1. The van der Waals surface area contributed by atoms with Gasteiger partial charge in [-0.2, -0.15) is 0 Å². The number of rotatable bonds is 7. The van der Waals surface area contributed by atoms with E-state index >= 15 is 0 Å². The Kier molecular flexibility index (Phi) is 5.21. The molecule has 3 N–H and O–H groups in total. The second-order valence-electron chi connectivity index (χ2n) is 5.87. The Morgan fingerprint density at radius 2 is 2.08 bits per heavy atom. The molecular weight excluding hydrogens is 334 g/mol. The van der Waals surface area contributed by atoms with Gasteiger partial charge in [-0.1, -0.05) is 18.2 Å². The van der Waals surface area contributed by atoms with E-state index in [-0.39, 0.29) is 18.3 Å². The number of aryl methyl sites for hydroxylation is 1. The molecule has 0 spiro atoms. The van der Waals surface area contributed by atoms with Gasteiger partial charge in [0.25, 0.3) is 5.91 Å². The third-order valence-corrected chi connectivity index (χ3v) is 4.03. The van der Waals surface area contributed by atoms with Crippen LogP contribution in [0.2, 0.25) is 0 Å². The zero-order chi connectivity index (χ0) is 18.5. The van der Waals surface area contributed by atoms with Crippen molar-refractivity contribution in [3.8, 4) is 5.88 Å². The molecular formula is C18H21N5O3. The summed E-state index contributed by atoms with van der Waals surface area (Å²) in [6.07, 6.45) is 4.20. The van der Waals surface area contributed by atoms with E-state index in [4.69, 9.17) is 4.74 Å². The molecule has 2 heterocycles. The van der Waals surface area contributed by atoms with Gasteiger partial charge in [0.2, 0.25) is 11.8 Å². The zero-order valence-electron chi connectivity index (χ0n) is 14.7. The molecule has 0 aliphatic carbocycles. The van der Waals surface area contributed by atoms with Crippen LogP contribution in [-0.2, 0) is 18.3 Å². The maximum atomic E-state index is 12.1. The van der Waals surface area contributed by atoms with Gasteiger partial charge in [-0.3, -0.25) is 14.3 Å². The highest BCUT2D eigenvalue weighted by atomic mass is 16.5. The number of methoxy groups -OCH3 is 1. The van der Waals surface area contributed by atoms with Crippen molar-refractivity contribution in [2.75, 3.05) is 20.2 Å². The molecule has 2 aromatic heterocycles. The van der Waals surface area contributed by atoms with E-state index in [1.807, 2.05) is 30.5 Å². The van der Waals surface area contributed by atoms with Gasteiger partial charge >= 0.3 is 0 Å². The summed E-state index contributed by atoms with van der Waals surface area (Å²) in [7, 11) is 3.13. The molecule has 8 heteroatoms. The molecule has 0 aliphatic heterocycles. The van der Waals surface area contributed by atoms with Crippen LogP contribution in [0.25, 0.3) is 10.9 Å². The summed E-state index contributed by atoms with van der Waals surface area (Å²) in [5.41, 5.74) is 2.51. The summed E-state index contributed by atoms with van der Waals surface area (Å²) in [5.74, 6) is -0.424. The fourth-order valence-corrected chi connectivity index (χ4v) is 2.77. The van der Waals surface area contributed by atoms with Crippen LogP contribution in [0, 0.1) is 0 Å². The van der Waals surface area contributed by atoms with E-state index < -0.39 is 5.91 Å². The first-order chi connectivity index (χ1) is 12.6. The summed E-state index contributed by atoms with van der Waals surface area (Å²) in [4.78, 5) is 27.3. The molecule has 0 saturated heterocycles. The summed E-state index contributed by atoms with van der Waals surface area (Å²) in [6, 6.07) is 8.02. The lowest BCUT2D eigenvalue weighted by Crippen LogP contribution is -2.37. The topological polar surface area (TPSA) is 101 Å². The number of nitrogens with zero attached hydrogens (tertiary/aromatic N) is 2. The molecule has 1 aromatic carbocycles. The number of H-pyrrole nitrogens is 1. The van der Waals surface area contributed by atoms with E-state index in [1.165, 1.54) is 11.8 Å². The number of fused-ring (bicyclic) bond motifs is 1. The van der Waals surface area contributed by atoms with Crippen molar-refractivity contribution in [2.24, 2.45) is 7.05 Å². The number of hydrogen-bond donors (Lipinski definition) is 3. The zero-order valence-corrected chi connectivity index (χ0v) is 14.7. The van der Waals surface area contributed by atoms with Crippen molar-refractivity contribution in [1.29, 1.82) is 0 Å². The van der Waals surface area contributed by atoms with Crippen LogP contribution in [0.5, 0.6) is 5.88 Å². The van der Waals surface area contributed by atoms with E-state index in [1.54, 1.807) is 13.2 Å². The number of benzene rings is 1. The van der Waals surface area contributed by atoms with E-state index in [0.717, 1.165) is 16.5 Å². The van der Waals surface area contributed by atoms with E-state index in [9.17, 15) is 9.59 Å². The third kappa shape index (κ3) is 3.85. The molecule has 0 atom stereocenters. The number of amides is 2. The maximum Gasteiger partial charge on any atom is 0.258 e. The monoisotopic (exact) mass is 355 g/mol. The molecule has 0 aliphatic rings. The molecule has 26 heavy (non-hydrogen) atoms. The minimum Gasteiger partial charge on any atom is -0.479 e. The molecule has 0 fully saturated rings. The molecule has 8 nitrogen and oxygen atoms in total. The average Bonchev–Trinajstić information content (AvgIpc) is 3.23. The summed E-state index contributed by atoms with van der Waals surface area (Å²) in [6.45, 7) is 0.386. The van der Waals surface area contributed by atoms with Crippen molar-refractivity contribution in [3.05, 3.63) is 47.8 Å². The first kappa shape index (κ1) is 17.5. The molecule has 3 aromatic rings. The predicted molar refractivity (Wildman–Crippen MR) is 97.1 cm³/mol. The van der Waals surface area contributed by atoms with Crippen molar-refractivity contribution < 1.29 is 14.3 Å². The van der Waals surface area contributed by atoms with Crippen LogP contribution in [-0.4, -0.2) is 46.8 Å². The Bertz CT molecular complexity index is 928. The van der Waals surface area contributed by atoms with E-state index in [2.05, 4.69) is 20.7 Å². The summed E-state index contributed by atoms with van der Waals surface area (Å²) < 4.78 is 6.52. The number of para-hydroxylation sites is 1. The van der Waals surface area contributed by atoms with Gasteiger partial charge in [0.15, 0.2) is 0 Å². The van der Waals surface area contributed by atoms with Crippen LogP contribution in [0.3, 0.4) is 0 Å². The smallest absolute Gasteiger partial charge is 0.258 e. The molecule has 0 bridgehead atoms. The van der Waals surface area contributed by atoms with Gasteiger partial charge < -0.3 is 20.4 Å². The van der Waals surface area contributed by atoms with Gasteiger partial charge in [-0.25, -0.2) is 0 Å². The average molecular weight is 355 g/mol. The second-order valence-corrected chi connectivity index (χ2v) is 5.87. The minimum atomic E-state index is -0.401. The summed E-state index contributed by atoms with van der Waals surface area (Å²) >= 11 is 0. The van der Waals surface area contributed by atoms with Crippen molar-refractivity contribution in [2.45, 2.75) is 6.42 Å². The van der Waals surface area contributed by atoms with Gasteiger partial charge in [0, 0.05) is 36.9 Å². The number of hydrogen-bond acceptors (Lipinski definition) is 4. The first-order valence-electron chi connectivity index (χ1n) is 8.26. The van der Waals surface area contributed by atoms with Crippen molar-refractivity contribution >= 4 is 22.7 Å². The SMILES string of the molecule is COc1nn(C)cc1C(=O)NCC(=O)NCCc1c[nH]c2ccccc12. The predicted octanol–water partition coefficient (Wildman–Crippen LogP) is 0.999. The normalized spacial score (nSPS) is 10.7. The minimum absolute atomic E-state index is 0.106. The van der Waals surface area contributed by atoms with Gasteiger partial charge in [-0.05, 0) is 18.1 Å². The standard InChI is InChI=1S/C18H21N5O3/c1-23-11-14(18(22-23)26-2)17(25)21-10-16(24)19-8-7-12-9-20-15-6-4-3-5-13(12)15/h3-6,9,11,20H,7-8,10H2,1-2H3,(H,19,24)(H,21,25). The fourth-order valence-electron chi connectivity index (χ4n) is 2.77. The number of aromatic nitrogens is 3. The quantitative estimate of drug-likeness (QED) is 0.588. The Morgan fingerprint density at radius 3 is 2.88 bits per heavy atom. The Balaban J connectivity index is 1.46. The molecule has 2 amide bonds. The highest BCUT2D eigenvalue weighted by Gasteiger charge is 2.16. The van der Waals surface area contributed by atoms with Crippen LogP contribution >= 0.6 is 0 Å². The molecule has 0 radical (unpaired) electrons. The second kappa shape index (κ2) is 7.73. The number of carbonyl (C=O) groups excluding carboxylic acids is 2. The summed E-state index contributed by atoms with van der Waals surface area (Å²) in [5, 5.41) is 10.5. The van der Waals surface area contributed by atoms with Gasteiger partial charge in [-0.15, -0.1) is 5.10 Å². The molecule has 0 unspecified atom stereocenters. The van der Waals surface area contributed by atoms with Gasteiger partial charge in [0.1, 0.15) is 5.56 Å².